The number of carbonyl (C=O) groups is 1. The van der Waals surface area contributed by atoms with Crippen molar-refractivity contribution in [2.75, 3.05) is 0 Å². The van der Waals surface area contributed by atoms with E-state index in [2.05, 4.69) is 1.80 Å². The summed E-state index contributed by atoms with van der Waals surface area (Å²) >= 11 is 2.00. The Morgan fingerprint density at radius 3 is 2.57 bits per heavy atom. The molecule has 0 aromatic rings. The van der Waals surface area contributed by atoms with Crippen LogP contribution in [0.1, 0.15) is 19.8 Å². The van der Waals surface area contributed by atoms with Crippen LogP contribution in [-0.4, -0.2) is 5.91 Å². The van der Waals surface area contributed by atoms with Crippen molar-refractivity contribution in [3.8, 4) is 0 Å². The summed E-state index contributed by atoms with van der Waals surface area (Å²) in [5.74, 6) is 0.103. The van der Waals surface area contributed by atoms with Crippen LogP contribution in [0.15, 0.2) is 0 Å². The quantitative estimate of drug-likeness (QED) is 0.706. The van der Waals surface area contributed by atoms with E-state index < -0.39 is 0 Å². The predicted octanol–water partition coefficient (Wildman–Crippen LogP) is 0.367. The monoisotopic (exact) mass is 251 g/mol. The van der Waals surface area contributed by atoms with Crippen molar-refractivity contribution < 1.29 is 41.0 Å². The first-order valence-electron chi connectivity index (χ1n) is 2.17. The van der Waals surface area contributed by atoms with Crippen LogP contribution in [0.5, 0.6) is 0 Å². The molecule has 3 heteroatoms. The molecule has 0 aliphatic rings. The second-order valence-electron chi connectivity index (χ2n) is 1.25. The van der Waals surface area contributed by atoms with Crippen molar-refractivity contribution in [1.82, 2.24) is 1.80 Å². The van der Waals surface area contributed by atoms with Gasteiger partial charge in [0.25, 0.3) is 0 Å². The summed E-state index contributed by atoms with van der Waals surface area (Å²) in [4.78, 5) is 10.3. The van der Waals surface area contributed by atoms with E-state index in [0.29, 0.717) is 6.42 Å². The molecular formula is C4H8HoNO. The van der Waals surface area contributed by atoms with E-state index in [0.717, 1.165) is 6.42 Å². The summed E-state index contributed by atoms with van der Waals surface area (Å²) in [5.41, 5.74) is 0. The fraction of sp³-hybridized carbons (Fsp3) is 0.750. The first kappa shape index (κ1) is 7.73. The minimum atomic E-state index is 0.103. The molecule has 1 amide bonds. The Bertz CT molecular complexity index is 64.7. The number of rotatable bonds is 2. The Hall–Kier alpha value is 0.730. The summed E-state index contributed by atoms with van der Waals surface area (Å²) in [6, 6.07) is 0. The molecule has 0 saturated heterocycles. The Balaban J connectivity index is 3.00. The third-order valence-electron chi connectivity index (χ3n) is 0.561. The molecular weight excluding hydrogens is 243 g/mol. The van der Waals surface area contributed by atoms with Gasteiger partial charge < -0.3 is 0 Å². The van der Waals surface area contributed by atoms with Crippen molar-refractivity contribution in [1.29, 1.82) is 0 Å². The fourth-order valence-electron chi connectivity index (χ4n) is 0.265. The van der Waals surface area contributed by atoms with Crippen LogP contribution in [0.3, 0.4) is 0 Å². The zero-order valence-corrected chi connectivity index (χ0v) is 6.06. The fourth-order valence-corrected chi connectivity index (χ4v) is 0.507. The van der Waals surface area contributed by atoms with Crippen LogP contribution in [-0.2, 0) is 4.79 Å². The molecule has 0 bridgehead atoms. The summed E-state index contributed by atoms with van der Waals surface area (Å²) in [7, 11) is 0. The standard InChI is InChI=1S/C4H9NO.Ho/c1-2-3-4(5)6;/h2-3H2,1H3,(H2,5,6);/q;+1/p-1. The van der Waals surface area contributed by atoms with E-state index in [1.165, 1.54) is 0 Å². The maximum atomic E-state index is 10.3. The van der Waals surface area contributed by atoms with Gasteiger partial charge in [-0.15, -0.1) is 0 Å². The van der Waals surface area contributed by atoms with Crippen molar-refractivity contribution in [3.05, 3.63) is 0 Å². The Morgan fingerprint density at radius 1 is 1.86 bits per heavy atom. The molecule has 0 heterocycles. The summed E-state index contributed by atoms with van der Waals surface area (Å²) in [6.45, 7) is 1.98. The van der Waals surface area contributed by atoms with Gasteiger partial charge in [-0.1, -0.05) is 0 Å². The average Bonchev–Trinajstić information content (AvgIpc) is 1.68. The second kappa shape index (κ2) is 4.88. The summed E-state index contributed by atoms with van der Waals surface area (Å²) in [5, 5.41) is 0. The van der Waals surface area contributed by atoms with Gasteiger partial charge in [0.15, 0.2) is 0 Å². The molecule has 0 rings (SSSR count). The van der Waals surface area contributed by atoms with Crippen molar-refractivity contribution in [2.45, 2.75) is 19.8 Å². The zero-order chi connectivity index (χ0) is 5.70. The predicted molar refractivity (Wildman–Crippen MR) is 23.1 cm³/mol. The maximum absolute atomic E-state index is 10.3. The molecule has 0 aromatic carbocycles. The number of nitrogens with one attached hydrogen (secondary N) is 1. The van der Waals surface area contributed by atoms with Crippen molar-refractivity contribution in [3.63, 3.8) is 0 Å². The van der Waals surface area contributed by atoms with Crippen LogP contribution in [0.4, 0.5) is 0 Å². The molecule has 0 aliphatic carbocycles. The van der Waals surface area contributed by atoms with Gasteiger partial charge in [-0.25, -0.2) is 0 Å². The van der Waals surface area contributed by atoms with Gasteiger partial charge in [-0.05, 0) is 0 Å². The molecule has 7 heavy (non-hydrogen) atoms. The third-order valence-corrected chi connectivity index (χ3v) is 1.10. The summed E-state index contributed by atoms with van der Waals surface area (Å²) < 4.78 is 2.47. The molecule has 0 fully saturated rings. The Morgan fingerprint density at radius 2 is 2.43 bits per heavy atom. The van der Waals surface area contributed by atoms with Gasteiger partial charge in [0.1, 0.15) is 0 Å². The Kier molecular flexibility index (Phi) is 5.39. The van der Waals surface area contributed by atoms with E-state index in [-0.39, 0.29) is 5.91 Å². The van der Waals surface area contributed by atoms with Gasteiger partial charge in [0, 0.05) is 0 Å². The topological polar surface area (TPSA) is 29.1 Å². The molecule has 46 valence electrons. The van der Waals surface area contributed by atoms with Crippen molar-refractivity contribution in [2.24, 2.45) is 0 Å². The van der Waals surface area contributed by atoms with Crippen LogP contribution in [0.2, 0.25) is 0 Å². The molecule has 1 N–H and O–H groups in total. The Labute approximate surface area is 67.9 Å². The molecule has 0 aromatic heterocycles. The van der Waals surface area contributed by atoms with E-state index in [1.54, 1.807) is 0 Å². The van der Waals surface area contributed by atoms with E-state index >= 15 is 0 Å². The van der Waals surface area contributed by atoms with Gasteiger partial charge in [-0.2, -0.15) is 0 Å². The molecule has 0 unspecified atom stereocenters. The SMILES string of the molecule is CCCC(=O)[NH][Ho]. The number of hydrogen-bond donors (Lipinski definition) is 1. The first-order valence-corrected chi connectivity index (χ1v) is 3.13. The second-order valence-corrected chi connectivity index (χ2v) is 1.73. The van der Waals surface area contributed by atoms with Gasteiger partial charge in [-0.3, -0.25) is 0 Å². The van der Waals surface area contributed by atoms with Gasteiger partial charge >= 0.3 is 68.4 Å². The van der Waals surface area contributed by atoms with Gasteiger partial charge in [0.05, 0.1) is 0 Å². The van der Waals surface area contributed by atoms with E-state index in [9.17, 15) is 4.79 Å². The first-order chi connectivity index (χ1) is 3.31. The van der Waals surface area contributed by atoms with E-state index in [1.807, 2.05) is 43.1 Å². The normalized spacial score (nSPS) is 8.43. The number of hydrogen-bond acceptors (Lipinski definition) is 1. The van der Waals surface area contributed by atoms with Crippen LogP contribution in [0, 0.1) is 36.2 Å². The van der Waals surface area contributed by atoms with Crippen molar-refractivity contribution >= 4 is 5.91 Å². The number of carbonyl (C=O) groups excluding carboxylic acids is 1. The molecule has 0 aliphatic heterocycles. The third kappa shape index (κ3) is 4.59. The molecule has 0 saturated carbocycles. The van der Waals surface area contributed by atoms with Crippen LogP contribution in [0.25, 0.3) is 0 Å². The number of amides is 1. The molecule has 2 nitrogen and oxygen atoms in total. The van der Waals surface area contributed by atoms with Gasteiger partial charge in [0.2, 0.25) is 0 Å². The van der Waals surface area contributed by atoms with E-state index in [4.69, 9.17) is 0 Å². The molecule has 0 spiro atoms. The zero-order valence-electron chi connectivity index (χ0n) is 4.12. The van der Waals surface area contributed by atoms with Crippen LogP contribution >= 0.6 is 0 Å². The summed E-state index contributed by atoms with van der Waals surface area (Å²) in [6.07, 6.45) is 1.56. The minimum absolute atomic E-state index is 0.103. The molecule has 0 radical (unpaired) electrons. The van der Waals surface area contributed by atoms with Crippen LogP contribution < -0.4 is 1.80 Å². The molecule has 0 atom stereocenters. The average molecular weight is 251 g/mol.